The minimum atomic E-state index is -4.72. The van der Waals surface area contributed by atoms with Crippen molar-refractivity contribution in [3.63, 3.8) is 0 Å². The van der Waals surface area contributed by atoms with Gasteiger partial charge < -0.3 is 4.74 Å². The molecule has 3 fully saturated rings. The van der Waals surface area contributed by atoms with Gasteiger partial charge in [-0.15, -0.1) is 38.5 Å². The van der Waals surface area contributed by atoms with Gasteiger partial charge in [0.2, 0.25) is 10.0 Å². The number of nitrogens with zero attached hydrogens (tertiary/aromatic N) is 2. The number of alkyl halides is 3. The molecule has 0 radical (unpaired) electrons. The second kappa shape index (κ2) is 9.59. The van der Waals surface area contributed by atoms with Crippen molar-refractivity contribution in [1.29, 1.82) is 5.26 Å². The summed E-state index contributed by atoms with van der Waals surface area (Å²) in [5.41, 5.74) is -1.68. The van der Waals surface area contributed by atoms with Crippen molar-refractivity contribution in [3.05, 3.63) is 29.3 Å². The number of hydrogen-bond acceptors (Lipinski definition) is 4. The maximum Gasteiger partial charge on any atom is 0.417 e. The fourth-order valence-electron chi connectivity index (χ4n) is 4.08. The van der Waals surface area contributed by atoms with Gasteiger partial charge in [0, 0.05) is 12.5 Å². The lowest BCUT2D eigenvalue weighted by molar-refractivity contribution is -0.137. The van der Waals surface area contributed by atoms with E-state index in [4.69, 9.17) is 10.00 Å². The lowest BCUT2D eigenvalue weighted by Crippen LogP contribution is -2.36. The van der Waals surface area contributed by atoms with Crippen LogP contribution in [0.2, 0.25) is 0 Å². The molecule has 0 spiro atoms. The van der Waals surface area contributed by atoms with E-state index in [1.165, 1.54) is 12.1 Å². The summed E-state index contributed by atoms with van der Waals surface area (Å²) in [6, 6.07) is 4.53. The van der Waals surface area contributed by atoms with E-state index in [2.05, 4.69) is 38.5 Å². The van der Waals surface area contributed by atoms with E-state index in [9.17, 15) is 21.6 Å². The fraction of sp³-hybridized carbons (Fsp3) is 0.381. The van der Waals surface area contributed by atoms with Crippen LogP contribution in [0.25, 0.3) is 0 Å². The second-order valence-electron chi connectivity index (χ2n) is 6.33. The van der Waals surface area contributed by atoms with Gasteiger partial charge in [0.15, 0.2) is 0 Å². The zero-order valence-electron chi connectivity index (χ0n) is 15.8. The summed E-state index contributed by atoms with van der Waals surface area (Å²) in [7, 11) is -3.77. The molecule has 3 saturated heterocycles. The molecule has 3 aliphatic rings. The molecule has 30 heavy (non-hydrogen) atoms. The Balaban J connectivity index is 0.000000691. The number of nitriles is 1. The Bertz CT molecular complexity index is 960. The Hall–Kier alpha value is -3.11. The van der Waals surface area contributed by atoms with Gasteiger partial charge >= 0.3 is 6.18 Å². The normalized spacial score (nSPS) is 27.0. The summed E-state index contributed by atoms with van der Waals surface area (Å²) in [6.07, 6.45) is 20.2. The third-order valence-electron chi connectivity index (χ3n) is 5.10. The first-order valence-electron chi connectivity index (χ1n) is 8.52. The zero-order valence-corrected chi connectivity index (χ0v) is 16.6. The van der Waals surface area contributed by atoms with Gasteiger partial charge in [-0.2, -0.15) is 18.4 Å². The van der Waals surface area contributed by atoms with Crippen molar-refractivity contribution in [3.8, 4) is 44.6 Å². The SMILES string of the molecule is C#C.C#C.C#C.N#Cc1ccc(N2CC3C([C@@H]4CC[C@H]3O4)S2(=O)=O)cc1C(F)(F)F. The third-order valence-corrected chi connectivity index (χ3v) is 7.41. The molecule has 3 aliphatic heterocycles. The van der Waals surface area contributed by atoms with E-state index >= 15 is 0 Å². The van der Waals surface area contributed by atoms with Crippen molar-refractivity contribution >= 4 is 15.7 Å². The predicted molar refractivity (Wildman–Crippen MR) is 107 cm³/mol. The first-order valence-corrected chi connectivity index (χ1v) is 10.0. The number of fused-ring (bicyclic) bond motifs is 5. The number of sulfonamides is 1. The fourth-order valence-corrected chi connectivity index (χ4v) is 6.45. The van der Waals surface area contributed by atoms with Gasteiger partial charge in [-0.3, -0.25) is 4.31 Å². The van der Waals surface area contributed by atoms with Crippen molar-refractivity contribution in [2.45, 2.75) is 36.5 Å². The Morgan fingerprint density at radius 3 is 2.13 bits per heavy atom. The first kappa shape index (κ1) is 24.9. The average Bonchev–Trinajstić information content (AvgIpc) is 3.44. The van der Waals surface area contributed by atoms with Gasteiger partial charge in [-0.05, 0) is 31.0 Å². The smallest absolute Gasteiger partial charge is 0.373 e. The highest BCUT2D eigenvalue weighted by Crippen LogP contribution is 2.49. The summed E-state index contributed by atoms with van der Waals surface area (Å²) < 4.78 is 71.6. The Morgan fingerprint density at radius 2 is 1.63 bits per heavy atom. The van der Waals surface area contributed by atoms with Crippen LogP contribution in [-0.4, -0.2) is 32.4 Å². The lowest BCUT2D eigenvalue weighted by Gasteiger charge is -2.22. The van der Waals surface area contributed by atoms with E-state index in [-0.39, 0.29) is 30.4 Å². The van der Waals surface area contributed by atoms with Gasteiger partial charge in [-0.25, -0.2) is 8.42 Å². The largest absolute Gasteiger partial charge is 0.417 e. The molecule has 9 heteroatoms. The van der Waals surface area contributed by atoms with Gasteiger partial charge in [0.05, 0.1) is 35.1 Å². The Labute approximate surface area is 174 Å². The number of halogens is 3. The number of benzene rings is 1. The minimum absolute atomic E-state index is 0.0462. The topological polar surface area (TPSA) is 70.4 Å². The van der Waals surface area contributed by atoms with Crippen LogP contribution in [0, 0.1) is 55.8 Å². The Morgan fingerprint density at radius 1 is 1.07 bits per heavy atom. The molecule has 4 rings (SSSR count). The van der Waals surface area contributed by atoms with Crippen molar-refractivity contribution < 1.29 is 26.3 Å². The molecule has 158 valence electrons. The van der Waals surface area contributed by atoms with E-state index in [0.717, 1.165) is 22.9 Å². The van der Waals surface area contributed by atoms with Crippen LogP contribution in [-0.2, 0) is 20.9 Å². The van der Waals surface area contributed by atoms with E-state index in [1.807, 2.05) is 0 Å². The van der Waals surface area contributed by atoms with Crippen LogP contribution < -0.4 is 4.31 Å². The molecule has 0 N–H and O–H groups in total. The monoisotopic (exact) mass is 436 g/mol. The number of anilines is 1. The van der Waals surface area contributed by atoms with Gasteiger partial charge in [-0.1, -0.05) is 0 Å². The summed E-state index contributed by atoms with van der Waals surface area (Å²) >= 11 is 0. The predicted octanol–water partition coefficient (Wildman–Crippen LogP) is 3.02. The molecule has 0 aliphatic carbocycles. The molecule has 5 nitrogen and oxygen atoms in total. The summed E-state index contributed by atoms with van der Waals surface area (Å²) in [6.45, 7) is 0.122. The molecule has 3 heterocycles. The zero-order chi connectivity index (χ0) is 23.3. The van der Waals surface area contributed by atoms with Crippen LogP contribution in [0.4, 0.5) is 18.9 Å². The van der Waals surface area contributed by atoms with Crippen molar-refractivity contribution in [1.82, 2.24) is 0 Å². The molecule has 0 amide bonds. The average molecular weight is 436 g/mol. The molecule has 2 unspecified atom stereocenters. The number of hydrogen-bond donors (Lipinski definition) is 0. The summed E-state index contributed by atoms with van der Waals surface area (Å²) in [5.74, 6) is -0.210. The summed E-state index contributed by atoms with van der Waals surface area (Å²) in [4.78, 5) is 0. The lowest BCUT2D eigenvalue weighted by atomic mass is 9.89. The van der Waals surface area contributed by atoms with Gasteiger partial charge in [0.1, 0.15) is 5.25 Å². The maximum absolute atomic E-state index is 13.1. The molecular formula is C21H19F3N2O3S. The molecule has 0 saturated carbocycles. The van der Waals surface area contributed by atoms with E-state index < -0.39 is 32.6 Å². The van der Waals surface area contributed by atoms with Crippen LogP contribution >= 0.6 is 0 Å². The number of rotatable bonds is 1. The number of ether oxygens (including phenoxy) is 1. The highest BCUT2D eigenvalue weighted by molar-refractivity contribution is 7.93. The number of terminal acetylenes is 3. The van der Waals surface area contributed by atoms with Crippen LogP contribution in [0.1, 0.15) is 24.0 Å². The van der Waals surface area contributed by atoms with Crippen molar-refractivity contribution in [2.75, 3.05) is 10.8 Å². The van der Waals surface area contributed by atoms with Crippen LogP contribution in [0.15, 0.2) is 18.2 Å². The molecule has 2 bridgehead atoms. The van der Waals surface area contributed by atoms with E-state index in [0.29, 0.717) is 6.42 Å². The Kier molecular flexibility index (Phi) is 7.97. The van der Waals surface area contributed by atoms with Crippen molar-refractivity contribution in [2.24, 2.45) is 5.92 Å². The maximum atomic E-state index is 13.1. The van der Waals surface area contributed by atoms with E-state index in [1.54, 1.807) is 0 Å². The molecule has 4 atom stereocenters. The highest BCUT2D eigenvalue weighted by Gasteiger charge is 2.61. The standard InChI is InChI=1S/C15H13F3N2O3S.3C2H2/c16-15(17,18)11-5-9(2-1-8(11)6-19)20-7-10-12-3-4-13(23-12)14(10)24(20,21)22;3*1-2/h1-2,5,10,12-14H,3-4,7H2;3*1-2H/t10?,12-,13+,14?;;;/m1.../s1. The quantitative estimate of drug-likeness (QED) is 0.635. The summed E-state index contributed by atoms with van der Waals surface area (Å²) in [5, 5.41) is 8.17. The highest BCUT2D eigenvalue weighted by atomic mass is 32.2. The van der Waals surface area contributed by atoms with Crippen LogP contribution in [0.5, 0.6) is 0 Å². The molecule has 1 aromatic carbocycles. The third kappa shape index (κ3) is 4.10. The molecule has 0 aromatic heterocycles. The first-order chi connectivity index (χ1) is 14.2. The second-order valence-corrected chi connectivity index (χ2v) is 8.35. The molecule has 1 aromatic rings. The molecular weight excluding hydrogens is 417 g/mol. The van der Waals surface area contributed by atoms with Crippen LogP contribution in [0.3, 0.4) is 0 Å². The van der Waals surface area contributed by atoms with Gasteiger partial charge in [0.25, 0.3) is 0 Å². The minimum Gasteiger partial charge on any atom is -0.373 e.